The monoisotopic (exact) mass is 300 g/mol. The predicted molar refractivity (Wildman–Crippen MR) is 97.0 cm³/mol. The first-order valence-electron chi connectivity index (χ1n) is 9.01. The lowest BCUT2D eigenvalue weighted by Gasteiger charge is -2.17. The molecule has 1 heteroatoms. The average molecular weight is 300 g/mol. The Bertz CT molecular complexity index is 495. The maximum Gasteiger partial charge on any atom is -0.00155 e. The molecule has 1 fully saturated rings. The second-order valence-electron chi connectivity index (χ2n) is 6.77. The van der Waals surface area contributed by atoms with Crippen molar-refractivity contribution in [1.82, 2.24) is 0 Å². The molecule has 0 aliphatic heterocycles. The van der Waals surface area contributed by atoms with Crippen LogP contribution < -0.4 is 0 Å². The molecule has 0 saturated heterocycles. The molecule has 1 atom stereocenters. The van der Waals surface area contributed by atoms with E-state index in [9.17, 15) is 0 Å². The molecule has 1 aromatic heterocycles. The van der Waals surface area contributed by atoms with Gasteiger partial charge in [0.1, 0.15) is 0 Å². The van der Waals surface area contributed by atoms with Gasteiger partial charge < -0.3 is 0 Å². The van der Waals surface area contributed by atoms with Crippen LogP contribution in [0.1, 0.15) is 81.8 Å². The van der Waals surface area contributed by atoms with Crippen molar-refractivity contribution in [1.29, 1.82) is 0 Å². The van der Waals surface area contributed by atoms with Crippen LogP contribution >= 0.6 is 8.19 Å². The van der Waals surface area contributed by atoms with Gasteiger partial charge in [-0.25, -0.2) is 0 Å². The summed E-state index contributed by atoms with van der Waals surface area (Å²) in [5.41, 5.74) is 0. The molecule has 1 aromatic carbocycles. The van der Waals surface area contributed by atoms with Crippen LogP contribution in [0.2, 0.25) is 0 Å². The minimum atomic E-state index is 0.871. The van der Waals surface area contributed by atoms with Crippen molar-refractivity contribution in [2.45, 2.75) is 76.5 Å². The van der Waals surface area contributed by atoms with Gasteiger partial charge in [-0.05, 0) is 40.6 Å². The van der Waals surface area contributed by atoms with E-state index in [1.54, 1.807) is 10.4 Å². The first kappa shape index (κ1) is 15.2. The Morgan fingerprint density at radius 3 is 1.90 bits per heavy atom. The Hall–Kier alpha value is -0.740. The lowest BCUT2D eigenvalue weighted by atomic mass is 9.91. The molecule has 1 unspecified atom stereocenters. The Balaban J connectivity index is 1.69. The minimum Gasteiger partial charge on any atom is -0.128 e. The van der Waals surface area contributed by atoms with E-state index in [-0.39, 0.29) is 0 Å². The number of hydrogen-bond acceptors (Lipinski definition) is 0. The zero-order valence-electron chi connectivity index (χ0n) is 13.2. The highest BCUT2D eigenvalue weighted by molar-refractivity contribution is 7.38. The molecule has 1 aliphatic rings. The van der Waals surface area contributed by atoms with Gasteiger partial charge in [-0.1, -0.05) is 82.1 Å². The largest absolute Gasteiger partial charge is 0.128 e. The molecule has 0 spiro atoms. The Kier molecular flexibility index (Phi) is 5.81. The smallest absolute Gasteiger partial charge is 0.00155 e. The summed E-state index contributed by atoms with van der Waals surface area (Å²) in [5, 5.41) is 4.84. The molecule has 114 valence electrons. The van der Waals surface area contributed by atoms with Crippen LogP contribution in [0.25, 0.3) is 10.5 Å². The summed E-state index contributed by atoms with van der Waals surface area (Å²) in [6.45, 7) is 0. The summed E-state index contributed by atoms with van der Waals surface area (Å²) >= 11 is 0. The third-order valence-electron chi connectivity index (χ3n) is 5.10. The van der Waals surface area contributed by atoms with Crippen molar-refractivity contribution in [3.05, 3.63) is 35.6 Å². The summed E-state index contributed by atoms with van der Waals surface area (Å²) in [7, 11) is 0.950. The molecule has 3 rings (SSSR count). The van der Waals surface area contributed by atoms with E-state index in [0.717, 1.165) is 14.1 Å². The fourth-order valence-corrected chi connectivity index (χ4v) is 5.30. The van der Waals surface area contributed by atoms with Crippen molar-refractivity contribution in [2.75, 3.05) is 0 Å². The average Bonchev–Trinajstić information content (AvgIpc) is 2.91. The molecule has 0 nitrogen and oxygen atoms in total. The first-order chi connectivity index (χ1) is 10.4. The van der Waals surface area contributed by atoms with Crippen LogP contribution in [0.4, 0.5) is 0 Å². The molecular formula is C20H29P. The lowest BCUT2D eigenvalue weighted by Crippen LogP contribution is -1.98. The van der Waals surface area contributed by atoms with E-state index >= 15 is 0 Å². The fourth-order valence-electron chi connectivity index (χ4n) is 3.79. The van der Waals surface area contributed by atoms with Gasteiger partial charge >= 0.3 is 0 Å². The van der Waals surface area contributed by atoms with Crippen molar-refractivity contribution < 1.29 is 0 Å². The van der Waals surface area contributed by atoms with Crippen LogP contribution in [-0.4, -0.2) is 0 Å². The number of benzene rings is 1. The molecule has 21 heavy (non-hydrogen) atoms. The quantitative estimate of drug-likeness (QED) is 0.520. The summed E-state index contributed by atoms with van der Waals surface area (Å²) in [6, 6.07) is 11.5. The molecule has 1 aliphatic carbocycles. The molecule has 0 radical (unpaired) electrons. The first-order valence-corrected chi connectivity index (χ1v) is 10.0. The molecule has 0 N–H and O–H groups in total. The standard InChI is InChI=1S/C20H29P/c1-2-4-6-8-12-17(13-9-7-5-3-1)20-16-18-14-10-11-15-19(18)21-20/h10-11,14-17,21H,1-9,12-13H2. The minimum absolute atomic E-state index is 0.871. The van der Waals surface area contributed by atoms with Crippen LogP contribution in [-0.2, 0) is 0 Å². The van der Waals surface area contributed by atoms with Crippen LogP contribution in [0, 0.1) is 0 Å². The topological polar surface area (TPSA) is 0 Å². The van der Waals surface area contributed by atoms with E-state index in [1.807, 2.05) is 0 Å². The summed E-state index contributed by atoms with van der Waals surface area (Å²) in [6.07, 6.45) is 16.0. The molecule has 0 bridgehead atoms. The Morgan fingerprint density at radius 2 is 1.29 bits per heavy atom. The predicted octanol–water partition coefficient (Wildman–Crippen LogP) is 7.26. The summed E-state index contributed by atoms with van der Waals surface area (Å²) in [5.74, 6) is 0.871. The maximum absolute atomic E-state index is 2.52. The van der Waals surface area contributed by atoms with Crippen LogP contribution in [0.5, 0.6) is 0 Å². The maximum atomic E-state index is 2.52. The van der Waals surface area contributed by atoms with Crippen molar-refractivity contribution in [3.8, 4) is 0 Å². The van der Waals surface area contributed by atoms with Gasteiger partial charge in [0.25, 0.3) is 0 Å². The van der Waals surface area contributed by atoms with E-state index in [4.69, 9.17) is 0 Å². The third kappa shape index (κ3) is 4.36. The van der Waals surface area contributed by atoms with E-state index in [2.05, 4.69) is 30.3 Å². The lowest BCUT2D eigenvalue weighted by molar-refractivity contribution is 0.471. The SMILES string of the molecule is c1ccc2[pH]c(C3CCCCCCCCCCC3)cc2c1. The summed E-state index contributed by atoms with van der Waals surface area (Å²) < 4.78 is 0. The summed E-state index contributed by atoms with van der Waals surface area (Å²) in [4.78, 5) is 0. The second-order valence-corrected chi connectivity index (χ2v) is 8.13. The van der Waals surface area contributed by atoms with Gasteiger partial charge in [-0.3, -0.25) is 0 Å². The van der Waals surface area contributed by atoms with Crippen LogP contribution in [0.3, 0.4) is 0 Å². The van der Waals surface area contributed by atoms with Gasteiger partial charge in [0.05, 0.1) is 0 Å². The molecule has 1 saturated carbocycles. The Labute approximate surface area is 131 Å². The van der Waals surface area contributed by atoms with Gasteiger partial charge in [0.2, 0.25) is 0 Å². The van der Waals surface area contributed by atoms with Crippen molar-refractivity contribution in [3.63, 3.8) is 0 Å². The fraction of sp³-hybridized carbons (Fsp3) is 0.600. The van der Waals surface area contributed by atoms with Gasteiger partial charge in [0, 0.05) is 0 Å². The van der Waals surface area contributed by atoms with Crippen molar-refractivity contribution >= 4 is 18.7 Å². The highest BCUT2D eigenvalue weighted by atomic mass is 31.0. The van der Waals surface area contributed by atoms with Crippen LogP contribution in [0.15, 0.2) is 30.3 Å². The molecule has 0 amide bonds. The molecular weight excluding hydrogens is 271 g/mol. The number of hydrogen-bond donors (Lipinski definition) is 0. The van der Waals surface area contributed by atoms with Gasteiger partial charge in [-0.15, -0.1) is 8.19 Å². The highest BCUT2D eigenvalue weighted by Crippen LogP contribution is 2.39. The van der Waals surface area contributed by atoms with Crippen molar-refractivity contribution in [2.24, 2.45) is 0 Å². The number of rotatable bonds is 1. The van der Waals surface area contributed by atoms with E-state index in [0.29, 0.717) is 0 Å². The molecule has 1 heterocycles. The van der Waals surface area contributed by atoms with E-state index in [1.165, 1.54) is 76.0 Å². The molecule has 2 aromatic rings. The van der Waals surface area contributed by atoms with Gasteiger partial charge in [-0.2, -0.15) is 0 Å². The van der Waals surface area contributed by atoms with E-state index < -0.39 is 0 Å². The third-order valence-corrected chi connectivity index (χ3v) is 6.66. The number of fused-ring (bicyclic) bond motifs is 1. The second kappa shape index (κ2) is 8.04. The highest BCUT2D eigenvalue weighted by Gasteiger charge is 2.13. The normalized spacial score (nSPS) is 20.4. The zero-order chi connectivity index (χ0) is 14.3. The zero-order valence-corrected chi connectivity index (χ0v) is 14.2. The van der Waals surface area contributed by atoms with Gasteiger partial charge in [0.15, 0.2) is 0 Å². The Morgan fingerprint density at radius 1 is 0.714 bits per heavy atom.